The number of imidazole rings is 1. The maximum atomic E-state index is 12.4. The Bertz CT molecular complexity index is 651. The van der Waals surface area contributed by atoms with E-state index in [2.05, 4.69) is 14.7 Å². The summed E-state index contributed by atoms with van der Waals surface area (Å²) in [4.78, 5) is 7.29. The maximum absolute atomic E-state index is 12.4. The SMILES string of the molecule is CCC(NS(=O)(=O)c1ccc(CCN)cc1)c1ncc[nH]1. The molecule has 1 aromatic carbocycles. The molecule has 0 amide bonds. The number of H-pyrrole nitrogens is 1. The van der Waals surface area contributed by atoms with Crippen LogP contribution in [0.4, 0.5) is 0 Å². The van der Waals surface area contributed by atoms with Gasteiger partial charge in [0.25, 0.3) is 0 Å². The smallest absolute Gasteiger partial charge is 0.241 e. The Kier molecular flexibility index (Phi) is 5.11. The molecule has 0 aliphatic carbocycles. The standard InChI is InChI=1S/C14H20N4O2S/c1-2-13(14-16-9-10-17-14)18-21(19,20)12-5-3-11(4-6-12)7-8-15/h3-6,9-10,13,18H,2,7-8,15H2,1H3,(H,16,17). The van der Waals surface area contributed by atoms with Crippen LogP contribution in [0.2, 0.25) is 0 Å². The molecule has 1 unspecified atom stereocenters. The summed E-state index contributed by atoms with van der Waals surface area (Å²) in [5.74, 6) is 0.612. The monoisotopic (exact) mass is 308 g/mol. The molecule has 0 aliphatic rings. The first-order valence-corrected chi connectivity index (χ1v) is 8.35. The average Bonchev–Trinajstić information content (AvgIpc) is 3.00. The lowest BCUT2D eigenvalue weighted by molar-refractivity contribution is 0.539. The zero-order valence-electron chi connectivity index (χ0n) is 11.9. The van der Waals surface area contributed by atoms with Crippen molar-refractivity contribution in [3.05, 3.63) is 48.0 Å². The molecule has 7 heteroatoms. The van der Waals surface area contributed by atoms with Gasteiger partial charge in [-0.15, -0.1) is 0 Å². The van der Waals surface area contributed by atoms with Crippen LogP contribution < -0.4 is 10.5 Å². The lowest BCUT2D eigenvalue weighted by atomic mass is 10.2. The van der Waals surface area contributed by atoms with Crippen LogP contribution in [0.25, 0.3) is 0 Å². The molecule has 0 bridgehead atoms. The third-order valence-corrected chi connectivity index (χ3v) is 4.71. The first-order chi connectivity index (χ1) is 10.1. The highest BCUT2D eigenvalue weighted by Crippen LogP contribution is 2.17. The zero-order valence-corrected chi connectivity index (χ0v) is 12.7. The molecule has 2 rings (SSSR count). The van der Waals surface area contributed by atoms with Crippen LogP contribution in [0.1, 0.15) is 30.8 Å². The van der Waals surface area contributed by atoms with Crippen LogP contribution in [-0.4, -0.2) is 24.9 Å². The van der Waals surface area contributed by atoms with Gasteiger partial charge in [-0.1, -0.05) is 19.1 Å². The Labute approximate surface area is 124 Å². The topological polar surface area (TPSA) is 101 Å². The van der Waals surface area contributed by atoms with Crippen LogP contribution in [-0.2, 0) is 16.4 Å². The molecule has 0 saturated carbocycles. The number of aromatic nitrogens is 2. The molecule has 114 valence electrons. The summed E-state index contributed by atoms with van der Waals surface area (Å²) in [5, 5.41) is 0. The Morgan fingerprint density at radius 1 is 1.33 bits per heavy atom. The second-order valence-electron chi connectivity index (χ2n) is 4.74. The van der Waals surface area contributed by atoms with E-state index in [1.165, 1.54) is 0 Å². The van der Waals surface area contributed by atoms with E-state index in [1.54, 1.807) is 36.7 Å². The van der Waals surface area contributed by atoms with Crippen molar-refractivity contribution in [2.45, 2.75) is 30.7 Å². The second-order valence-corrected chi connectivity index (χ2v) is 6.45. The predicted octanol–water partition coefficient (Wildman–Crippen LogP) is 1.34. The molecular formula is C14H20N4O2S. The van der Waals surface area contributed by atoms with Crippen molar-refractivity contribution in [2.75, 3.05) is 6.54 Å². The van der Waals surface area contributed by atoms with Crippen molar-refractivity contribution in [1.82, 2.24) is 14.7 Å². The van der Waals surface area contributed by atoms with Crippen molar-refractivity contribution in [2.24, 2.45) is 5.73 Å². The van der Waals surface area contributed by atoms with Gasteiger partial charge in [0.2, 0.25) is 10.0 Å². The Morgan fingerprint density at radius 3 is 2.57 bits per heavy atom. The van der Waals surface area contributed by atoms with E-state index in [0.29, 0.717) is 18.8 Å². The second kappa shape index (κ2) is 6.84. The fourth-order valence-corrected chi connectivity index (χ4v) is 3.34. The average molecular weight is 308 g/mol. The van der Waals surface area contributed by atoms with Gasteiger partial charge in [-0.3, -0.25) is 0 Å². The van der Waals surface area contributed by atoms with E-state index in [-0.39, 0.29) is 10.9 Å². The van der Waals surface area contributed by atoms with Gasteiger partial charge >= 0.3 is 0 Å². The molecule has 2 aromatic rings. The van der Waals surface area contributed by atoms with Gasteiger partial charge in [0.15, 0.2) is 0 Å². The normalized spacial score (nSPS) is 13.2. The van der Waals surface area contributed by atoms with Crippen LogP contribution >= 0.6 is 0 Å². The Balaban J connectivity index is 2.17. The Hall–Kier alpha value is -1.70. The van der Waals surface area contributed by atoms with Crippen molar-refractivity contribution in [3.8, 4) is 0 Å². The quantitative estimate of drug-likeness (QED) is 0.718. The van der Waals surface area contributed by atoms with Gasteiger partial charge < -0.3 is 10.7 Å². The molecular weight excluding hydrogens is 288 g/mol. The lowest BCUT2D eigenvalue weighted by Gasteiger charge is -2.15. The molecule has 0 fully saturated rings. The van der Waals surface area contributed by atoms with Crippen LogP contribution in [0.5, 0.6) is 0 Å². The van der Waals surface area contributed by atoms with Gasteiger partial charge in [-0.25, -0.2) is 18.1 Å². The van der Waals surface area contributed by atoms with E-state index in [0.717, 1.165) is 12.0 Å². The number of aromatic amines is 1. The van der Waals surface area contributed by atoms with Crippen LogP contribution in [0.3, 0.4) is 0 Å². The van der Waals surface area contributed by atoms with Crippen molar-refractivity contribution < 1.29 is 8.42 Å². The predicted molar refractivity (Wildman–Crippen MR) is 81.1 cm³/mol. The maximum Gasteiger partial charge on any atom is 0.241 e. The van der Waals surface area contributed by atoms with Gasteiger partial charge in [0.1, 0.15) is 5.82 Å². The number of hydrogen-bond donors (Lipinski definition) is 3. The van der Waals surface area contributed by atoms with E-state index < -0.39 is 10.0 Å². The first-order valence-electron chi connectivity index (χ1n) is 6.87. The third-order valence-electron chi connectivity index (χ3n) is 3.22. The number of nitrogens with one attached hydrogen (secondary N) is 2. The van der Waals surface area contributed by atoms with Gasteiger partial charge in [0.05, 0.1) is 10.9 Å². The van der Waals surface area contributed by atoms with Crippen molar-refractivity contribution in [3.63, 3.8) is 0 Å². The number of nitrogens with zero attached hydrogens (tertiary/aromatic N) is 1. The van der Waals surface area contributed by atoms with Gasteiger partial charge in [0, 0.05) is 12.4 Å². The van der Waals surface area contributed by atoms with Gasteiger partial charge in [-0.2, -0.15) is 0 Å². The molecule has 0 spiro atoms. The molecule has 6 nitrogen and oxygen atoms in total. The summed E-state index contributed by atoms with van der Waals surface area (Å²) in [6.45, 7) is 2.45. The highest BCUT2D eigenvalue weighted by molar-refractivity contribution is 7.89. The molecule has 1 heterocycles. The largest absolute Gasteiger partial charge is 0.347 e. The van der Waals surface area contributed by atoms with E-state index in [4.69, 9.17) is 5.73 Å². The van der Waals surface area contributed by atoms with E-state index in [1.807, 2.05) is 6.92 Å². The molecule has 1 atom stereocenters. The summed E-state index contributed by atoms with van der Waals surface area (Å²) in [5.41, 5.74) is 6.50. The molecule has 1 aromatic heterocycles. The van der Waals surface area contributed by atoms with Crippen molar-refractivity contribution >= 4 is 10.0 Å². The van der Waals surface area contributed by atoms with E-state index >= 15 is 0 Å². The third kappa shape index (κ3) is 3.90. The number of sulfonamides is 1. The number of rotatable bonds is 7. The van der Waals surface area contributed by atoms with E-state index in [9.17, 15) is 8.42 Å². The molecule has 0 aliphatic heterocycles. The summed E-state index contributed by atoms with van der Waals surface area (Å²) in [7, 11) is -3.57. The summed E-state index contributed by atoms with van der Waals surface area (Å²) in [6, 6.07) is 6.41. The fourth-order valence-electron chi connectivity index (χ4n) is 2.06. The minimum absolute atomic E-state index is 0.244. The minimum atomic E-state index is -3.57. The lowest BCUT2D eigenvalue weighted by Crippen LogP contribution is -2.29. The number of hydrogen-bond acceptors (Lipinski definition) is 4. The summed E-state index contributed by atoms with van der Waals surface area (Å²) >= 11 is 0. The van der Waals surface area contributed by atoms with Gasteiger partial charge in [-0.05, 0) is 37.1 Å². The zero-order chi connectivity index (χ0) is 15.3. The van der Waals surface area contributed by atoms with Crippen LogP contribution in [0.15, 0.2) is 41.6 Å². The number of benzene rings is 1. The Morgan fingerprint density at radius 2 is 2.05 bits per heavy atom. The summed E-state index contributed by atoms with van der Waals surface area (Å²) < 4.78 is 27.4. The first kappa shape index (κ1) is 15.7. The van der Waals surface area contributed by atoms with Crippen LogP contribution in [0, 0.1) is 0 Å². The summed E-state index contributed by atoms with van der Waals surface area (Å²) in [6.07, 6.45) is 4.62. The number of nitrogens with two attached hydrogens (primary N) is 1. The molecule has 0 saturated heterocycles. The highest BCUT2D eigenvalue weighted by atomic mass is 32.2. The highest BCUT2D eigenvalue weighted by Gasteiger charge is 2.21. The molecule has 4 N–H and O–H groups in total. The minimum Gasteiger partial charge on any atom is -0.347 e. The molecule has 0 radical (unpaired) electrons. The molecule has 21 heavy (non-hydrogen) atoms. The van der Waals surface area contributed by atoms with Crippen molar-refractivity contribution in [1.29, 1.82) is 0 Å². The fraction of sp³-hybridized carbons (Fsp3) is 0.357.